The second-order valence-corrected chi connectivity index (χ2v) is 17.1. The van der Waals surface area contributed by atoms with Gasteiger partial charge in [-0.3, -0.25) is 9.80 Å². The van der Waals surface area contributed by atoms with Crippen LogP contribution < -0.4 is 19.3 Å². The van der Waals surface area contributed by atoms with Crippen LogP contribution in [-0.4, -0.2) is 94.3 Å². The number of benzene rings is 2. The summed E-state index contributed by atoms with van der Waals surface area (Å²) in [4.78, 5) is 26.7. The van der Waals surface area contributed by atoms with E-state index in [-0.39, 0.29) is 27.1 Å². The molecular formula is C45H60BrCl2N9O2. The van der Waals surface area contributed by atoms with Gasteiger partial charge in [0.2, 0.25) is 11.9 Å². The number of nitriles is 1. The SMILES string of the molecule is C.C.Clc1cc(CN2CCCCC2)ccc1OC1CCN(c2ncc(Br)cn2)CC1.N#Cc1cnc(N2CCC(Oc3ccc(CN4CCCCC4)cc3Cl)CC2)nc1. The summed E-state index contributed by atoms with van der Waals surface area (Å²) in [5.74, 6) is 3.01. The van der Waals surface area contributed by atoms with Crippen molar-refractivity contribution in [1.29, 1.82) is 5.26 Å². The third-order valence-electron chi connectivity index (χ3n) is 11.1. The molecule has 0 aliphatic carbocycles. The molecule has 0 N–H and O–H groups in total. The van der Waals surface area contributed by atoms with E-state index in [1.807, 2.05) is 24.3 Å². The number of ether oxygens (including phenoxy) is 2. The summed E-state index contributed by atoms with van der Waals surface area (Å²) < 4.78 is 13.3. The van der Waals surface area contributed by atoms with Crippen LogP contribution in [0.15, 0.2) is 65.7 Å². The van der Waals surface area contributed by atoms with Gasteiger partial charge >= 0.3 is 0 Å². The van der Waals surface area contributed by atoms with Gasteiger partial charge in [-0.15, -0.1) is 0 Å². The van der Waals surface area contributed by atoms with Crippen molar-refractivity contribution >= 4 is 51.0 Å². The summed E-state index contributed by atoms with van der Waals surface area (Å²) in [5.41, 5.74) is 2.99. The Labute approximate surface area is 370 Å². The summed E-state index contributed by atoms with van der Waals surface area (Å²) in [6.45, 7) is 10.1. The first-order chi connectivity index (χ1) is 27.9. The zero-order chi connectivity index (χ0) is 39.4. The maximum atomic E-state index is 8.86. The van der Waals surface area contributed by atoms with E-state index in [9.17, 15) is 0 Å². The van der Waals surface area contributed by atoms with E-state index in [2.05, 4.69) is 73.7 Å². The second-order valence-electron chi connectivity index (χ2n) is 15.4. The van der Waals surface area contributed by atoms with Crippen LogP contribution in [0.2, 0.25) is 10.0 Å². The van der Waals surface area contributed by atoms with Gasteiger partial charge in [-0.05, 0) is 103 Å². The molecule has 0 atom stereocenters. The molecule has 8 rings (SSSR count). The zero-order valence-electron chi connectivity index (χ0n) is 32.5. The molecule has 4 aliphatic heterocycles. The maximum absolute atomic E-state index is 8.86. The summed E-state index contributed by atoms with van der Waals surface area (Å²) in [7, 11) is 0. The molecule has 0 radical (unpaired) electrons. The average Bonchev–Trinajstić information content (AvgIpc) is 3.25. The van der Waals surface area contributed by atoms with Crippen molar-refractivity contribution in [3.8, 4) is 17.6 Å². The van der Waals surface area contributed by atoms with Gasteiger partial charge in [-0.2, -0.15) is 5.26 Å². The van der Waals surface area contributed by atoms with Crippen LogP contribution in [0.1, 0.15) is 95.8 Å². The Morgan fingerprint density at radius 1 is 0.593 bits per heavy atom. The number of aromatic nitrogens is 4. The highest BCUT2D eigenvalue weighted by Crippen LogP contribution is 2.31. The number of rotatable bonds is 10. The fraction of sp³-hybridized carbons (Fsp3) is 0.533. The molecule has 318 valence electrons. The van der Waals surface area contributed by atoms with Gasteiger partial charge in [0.25, 0.3) is 0 Å². The predicted octanol–water partition coefficient (Wildman–Crippen LogP) is 10.2. The lowest BCUT2D eigenvalue weighted by molar-refractivity contribution is 0.170. The van der Waals surface area contributed by atoms with Crippen molar-refractivity contribution < 1.29 is 9.47 Å². The maximum Gasteiger partial charge on any atom is 0.225 e. The van der Waals surface area contributed by atoms with E-state index in [0.29, 0.717) is 21.6 Å². The quantitative estimate of drug-likeness (QED) is 0.152. The fourth-order valence-corrected chi connectivity index (χ4v) is 8.65. The average molecular weight is 910 g/mol. The number of hydrogen-bond donors (Lipinski definition) is 0. The largest absolute Gasteiger partial charge is 0.489 e. The summed E-state index contributed by atoms with van der Waals surface area (Å²) in [5, 5.41) is 10.3. The molecule has 0 unspecified atom stereocenters. The Morgan fingerprint density at radius 3 is 1.36 bits per heavy atom. The van der Waals surface area contributed by atoms with Crippen molar-refractivity contribution in [2.75, 3.05) is 62.2 Å². The molecule has 59 heavy (non-hydrogen) atoms. The van der Waals surface area contributed by atoms with Crippen molar-refractivity contribution in [3.63, 3.8) is 0 Å². The van der Waals surface area contributed by atoms with Crippen LogP contribution in [0.5, 0.6) is 11.5 Å². The van der Waals surface area contributed by atoms with Crippen molar-refractivity contribution in [3.05, 3.63) is 92.4 Å². The molecule has 6 heterocycles. The highest BCUT2D eigenvalue weighted by Gasteiger charge is 2.25. The number of halogens is 3. The first-order valence-electron chi connectivity index (χ1n) is 20.4. The van der Waals surface area contributed by atoms with E-state index in [0.717, 1.165) is 86.9 Å². The second kappa shape index (κ2) is 23.3. The minimum Gasteiger partial charge on any atom is -0.489 e. The third kappa shape index (κ3) is 13.6. The predicted molar refractivity (Wildman–Crippen MR) is 243 cm³/mol. The summed E-state index contributed by atoms with van der Waals surface area (Å²) >= 11 is 16.4. The van der Waals surface area contributed by atoms with Crippen LogP contribution in [0.25, 0.3) is 0 Å². The standard InChI is InChI=1S/C22H26ClN5O.C21H26BrClN4O.2CH4/c23-20-12-17(16-27-8-2-1-3-9-27)4-5-21(20)29-19-6-10-28(11-7-19)22-25-14-18(13-24)15-26-22;22-17-13-24-21(25-14-17)27-10-6-18(7-11-27)28-20-5-4-16(12-19(20)23)15-26-8-2-1-3-9-26;;/h4-5,12,14-15,19H,1-3,6-11,16H2;4-5,12-14,18H,1-3,6-11,15H2;2*1H4. The molecular weight excluding hydrogens is 849 g/mol. The Morgan fingerprint density at radius 2 is 0.983 bits per heavy atom. The number of piperidine rings is 4. The molecule has 0 amide bonds. The molecule has 11 nitrogen and oxygen atoms in total. The molecule has 4 aromatic rings. The molecule has 0 saturated carbocycles. The fourth-order valence-electron chi connectivity index (χ4n) is 7.95. The highest BCUT2D eigenvalue weighted by atomic mass is 79.9. The minimum atomic E-state index is 0. The van der Waals surface area contributed by atoms with E-state index in [1.54, 1.807) is 24.8 Å². The van der Waals surface area contributed by atoms with Gasteiger partial charge < -0.3 is 19.3 Å². The van der Waals surface area contributed by atoms with Gasteiger partial charge in [0.15, 0.2) is 0 Å². The zero-order valence-corrected chi connectivity index (χ0v) is 35.6. The highest BCUT2D eigenvalue weighted by molar-refractivity contribution is 9.10. The lowest BCUT2D eigenvalue weighted by Crippen LogP contribution is -2.39. The van der Waals surface area contributed by atoms with Crippen molar-refractivity contribution in [1.82, 2.24) is 29.7 Å². The summed E-state index contributed by atoms with van der Waals surface area (Å²) in [6, 6.07) is 14.5. The molecule has 4 aliphatic rings. The number of nitrogens with zero attached hydrogens (tertiary/aromatic N) is 9. The molecule has 2 aromatic heterocycles. The van der Waals surface area contributed by atoms with Gasteiger partial charge in [-0.25, -0.2) is 19.9 Å². The lowest BCUT2D eigenvalue weighted by Gasteiger charge is -2.32. The van der Waals surface area contributed by atoms with Crippen LogP contribution in [-0.2, 0) is 13.1 Å². The molecule has 0 spiro atoms. The van der Waals surface area contributed by atoms with E-state index >= 15 is 0 Å². The van der Waals surface area contributed by atoms with Crippen molar-refractivity contribution in [2.45, 2.75) is 104 Å². The number of anilines is 2. The normalized spacial score (nSPS) is 18.1. The Kier molecular flexibility index (Phi) is 18.3. The molecule has 2 aromatic carbocycles. The topological polar surface area (TPSA) is 107 Å². The third-order valence-corrected chi connectivity index (χ3v) is 12.1. The van der Waals surface area contributed by atoms with Crippen LogP contribution >= 0.6 is 39.1 Å². The first-order valence-corrected chi connectivity index (χ1v) is 22.0. The van der Waals surface area contributed by atoms with E-state index in [1.165, 1.54) is 75.8 Å². The molecule has 14 heteroatoms. The van der Waals surface area contributed by atoms with Crippen LogP contribution in [0, 0.1) is 11.3 Å². The van der Waals surface area contributed by atoms with Gasteiger partial charge in [0.1, 0.15) is 29.8 Å². The monoisotopic (exact) mass is 907 g/mol. The van der Waals surface area contributed by atoms with E-state index < -0.39 is 0 Å². The lowest BCUT2D eigenvalue weighted by atomic mass is 10.1. The minimum absolute atomic E-state index is 0. The van der Waals surface area contributed by atoms with Crippen LogP contribution in [0.3, 0.4) is 0 Å². The Bertz CT molecular complexity index is 1910. The van der Waals surface area contributed by atoms with Gasteiger partial charge in [0, 0.05) is 77.3 Å². The van der Waals surface area contributed by atoms with E-state index in [4.69, 9.17) is 37.9 Å². The molecule has 0 bridgehead atoms. The Hall–Kier alpha value is -3.73. The summed E-state index contributed by atoms with van der Waals surface area (Å²) in [6.07, 6.45) is 18.6. The van der Waals surface area contributed by atoms with Gasteiger partial charge in [-0.1, -0.05) is 63.0 Å². The van der Waals surface area contributed by atoms with Gasteiger partial charge in [0.05, 0.1) is 32.5 Å². The smallest absolute Gasteiger partial charge is 0.225 e. The van der Waals surface area contributed by atoms with Crippen LogP contribution in [0.4, 0.5) is 11.9 Å². The Balaban J connectivity index is 0.000000217. The first kappa shape index (κ1) is 46.3. The molecule has 4 fully saturated rings. The van der Waals surface area contributed by atoms with Crippen molar-refractivity contribution in [2.24, 2.45) is 0 Å². The molecule has 4 saturated heterocycles. The number of hydrogen-bond acceptors (Lipinski definition) is 11. The number of likely N-dealkylation sites (tertiary alicyclic amines) is 2.